The maximum absolute atomic E-state index is 13.3. The lowest BCUT2D eigenvalue weighted by Gasteiger charge is -2.52. The summed E-state index contributed by atoms with van der Waals surface area (Å²) >= 11 is 1.42. The van der Waals surface area contributed by atoms with Gasteiger partial charge in [0.1, 0.15) is 11.5 Å². The van der Waals surface area contributed by atoms with Gasteiger partial charge in [0, 0.05) is 24.5 Å². The van der Waals surface area contributed by atoms with Gasteiger partial charge in [0.2, 0.25) is 5.91 Å². The third kappa shape index (κ3) is 4.03. The van der Waals surface area contributed by atoms with Gasteiger partial charge in [0.15, 0.2) is 0 Å². The van der Waals surface area contributed by atoms with Crippen molar-refractivity contribution in [2.24, 2.45) is 5.41 Å². The Balaban J connectivity index is 1.24. The SMILES string of the molecule is O=C(NC1CC2(CCN(C(=O)Cc3cccc(F)c3)CC2)C1)c1cscn1. The molecule has 7 heteroatoms. The van der Waals surface area contributed by atoms with Crippen LogP contribution in [0.25, 0.3) is 0 Å². The first-order chi connectivity index (χ1) is 13.0. The van der Waals surface area contributed by atoms with Crippen molar-refractivity contribution in [1.82, 2.24) is 15.2 Å². The number of rotatable bonds is 4. The van der Waals surface area contributed by atoms with Crippen molar-refractivity contribution in [3.8, 4) is 0 Å². The van der Waals surface area contributed by atoms with Crippen LogP contribution in [0.1, 0.15) is 41.7 Å². The van der Waals surface area contributed by atoms with Crippen LogP contribution in [0.2, 0.25) is 0 Å². The molecule has 4 rings (SSSR count). The third-order valence-corrected chi connectivity index (χ3v) is 6.37. The fraction of sp³-hybridized carbons (Fsp3) is 0.450. The molecule has 142 valence electrons. The van der Waals surface area contributed by atoms with Crippen molar-refractivity contribution < 1.29 is 14.0 Å². The second-order valence-electron chi connectivity index (χ2n) is 7.64. The first kappa shape index (κ1) is 18.1. The second kappa shape index (κ2) is 7.38. The third-order valence-electron chi connectivity index (χ3n) is 5.78. The number of likely N-dealkylation sites (tertiary alicyclic amines) is 1. The molecular weight excluding hydrogens is 365 g/mol. The Morgan fingerprint density at radius 3 is 2.74 bits per heavy atom. The minimum absolute atomic E-state index is 0.0585. The van der Waals surface area contributed by atoms with Gasteiger partial charge in [-0.1, -0.05) is 12.1 Å². The molecule has 2 amide bonds. The molecule has 1 N–H and O–H groups in total. The summed E-state index contributed by atoms with van der Waals surface area (Å²) in [7, 11) is 0. The molecule has 1 aromatic carbocycles. The summed E-state index contributed by atoms with van der Waals surface area (Å²) in [5.74, 6) is -0.347. The molecule has 1 saturated heterocycles. The van der Waals surface area contributed by atoms with E-state index in [1.54, 1.807) is 23.0 Å². The van der Waals surface area contributed by atoms with Gasteiger partial charge >= 0.3 is 0 Å². The highest BCUT2D eigenvalue weighted by atomic mass is 32.1. The summed E-state index contributed by atoms with van der Waals surface area (Å²) in [5, 5.41) is 4.81. The Kier molecular flexibility index (Phi) is 4.95. The number of hydrogen-bond donors (Lipinski definition) is 1. The van der Waals surface area contributed by atoms with E-state index >= 15 is 0 Å². The van der Waals surface area contributed by atoms with E-state index in [4.69, 9.17) is 0 Å². The molecule has 1 spiro atoms. The number of carbonyl (C=O) groups excluding carboxylic acids is 2. The Morgan fingerprint density at radius 1 is 1.30 bits per heavy atom. The van der Waals surface area contributed by atoms with E-state index in [1.165, 1.54) is 23.5 Å². The van der Waals surface area contributed by atoms with Gasteiger partial charge in [-0.2, -0.15) is 0 Å². The summed E-state index contributed by atoms with van der Waals surface area (Å²) < 4.78 is 13.3. The van der Waals surface area contributed by atoms with Gasteiger partial charge in [-0.05, 0) is 48.8 Å². The van der Waals surface area contributed by atoms with Gasteiger partial charge in [-0.25, -0.2) is 9.37 Å². The van der Waals surface area contributed by atoms with Gasteiger partial charge in [0.25, 0.3) is 5.91 Å². The van der Waals surface area contributed by atoms with Gasteiger partial charge in [0.05, 0.1) is 11.9 Å². The summed E-state index contributed by atoms with van der Waals surface area (Å²) in [6, 6.07) is 6.43. The van der Waals surface area contributed by atoms with Gasteiger partial charge in [-0.15, -0.1) is 11.3 Å². The van der Waals surface area contributed by atoms with Crippen molar-refractivity contribution in [3.05, 3.63) is 52.2 Å². The zero-order chi connectivity index (χ0) is 18.9. The molecule has 2 aromatic rings. The number of hydrogen-bond acceptors (Lipinski definition) is 4. The predicted molar refractivity (Wildman–Crippen MR) is 101 cm³/mol. The normalized spacial score (nSPS) is 18.9. The topological polar surface area (TPSA) is 62.3 Å². The zero-order valence-electron chi connectivity index (χ0n) is 15.0. The molecule has 2 fully saturated rings. The van der Waals surface area contributed by atoms with Crippen LogP contribution in [-0.2, 0) is 11.2 Å². The van der Waals surface area contributed by atoms with Crippen LogP contribution in [0.4, 0.5) is 4.39 Å². The maximum Gasteiger partial charge on any atom is 0.270 e. The largest absolute Gasteiger partial charge is 0.348 e. The molecule has 0 bridgehead atoms. The predicted octanol–water partition coefficient (Wildman–Crippen LogP) is 3.03. The fourth-order valence-corrected chi connectivity index (χ4v) is 4.78. The molecule has 0 unspecified atom stereocenters. The summed E-state index contributed by atoms with van der Waals surface area (Å²) in [4.78, 5) is 30.5. The van der Waals surface area contributed by atoms with E-state index in [1.807, 2.05) is 4.90 Å². The van der Waals surface area contributed by atoms with E-state index in [2.05, 4.69) is 10.3 Å². The number of benzene rings is 1. The van der Waals surface area contributed by atoms with Crippen molar-refractivity contribution >= 4 is 23.2 Å². The van der Waals surface area contributed by atoms with Crippen molar-refractivity contribution in [3.63, 3.8) is 0 Å². The highest BCUT2D eigenvalue weighted by Crippen LogP contribution is 2.49. The lowest BCUT2D eigenvalue weighted by molar-refractivity contribution is -0.134. The van der Waals surface area contributed by atoms with E-state index in [9.17, 15) is 14.0 Å². The smallest absolute Gasteiger partial charge is 0.270 e. The van der Waals surface area contributed by atoms with Crippen LogP contribution in [-0.4, -0.2) is 40.8 Å². The fourth-order valence-electron chi connectivity index (χ4n) is 4.24. The Bertz CT molecular complexity index is 824. The van der Waals surface area contributed by atoms with Gasteiger partial charge < -0.3 is 10.2 Å². The van der Waals surface area contributed by atoms with Crippen LogP contribution < -0.4 is 5.32 Å². The van der Waals surface area contributed by atoms with Crippen LogP contribution in [0.5, 0.6) is 0 Å². The average Bonchev–Trinajstić information content (AvgIpc) is 3.16. The summed E-state index contributed by atoms with van der Waals surface area (Å²) in [6.07, 6.45) is 4.11. The molecule has 1 aliphatic carbocycles. The van der Waals surface area contributed by atoms with Crippen molar-refractivity contribution in [1.29, 1.82) is 0 Å². The summed E-state index contributed by atoms with van der Waals surface area (Å²) in [6.45, 7) is 1.47. The molecule has 0 radical (unpaired) electrons. The average molecular weight is 387 g/mol. The Hall–Kier alpha value is -2.28. The molecule has 27 heavy (non-hydrogen) atoms. The molecule has 1 aliphatic heterocycles. The maximum atomic E-state index is 13.3. The number of nitrogens with one attached hydrogen (secondary N) is 1. The van der Waals surface area contributed by atoms with Crippen LogP contribution >= 0.6 is 11.3 Å². The highest BCUT2D eigenvalue weighted by Gasteiger charge is 2.46. The molecule has 2 aliphatic rings. The number of thiazole rings is 1. The van der Waals surface area contributed by atoms with Crippen molar-refractivity contribution in [2.45, 2.75) is 38.1 Å². The van der Waals surface area contributed by atoms with E-state index < -0.39 is 0 Å². The molecule has 0 atom stereocenters. The van der Waals surface area contributed by atoms with E-state index in [0.29, 0.717) is 11.3 Å². The van der Waals surface area contributed by atoms with Gasteiger partial charge in [-0.3, -0.25) is 9.59 Å². The molecule has 1 saturated carbocycles. The first-order valence-corrected chi connectivity index (χ1v) is 10.2. The number of aromatic nitrogens is 1. The van der Waals surface area contributed by atoms with Crippen LogP contribution in [0.3, 0.4) is 0 Å². The lowest BCUT2D eigenvalue weighted by Crippen LogP contribution is -2.55. The number of halogens is 1. The standard InChI is InChI=1S/C20H22FN3O2S/c21-15-3-1-2-14(8-15)9-18(25)24-6-4-20(5-7-24)10-16(11-20)23-19(26)17-12-27-13-22-17/h1-3,8,12-13,16H,4-7,9-11H2,(H,23,26). The monoisotopic (exact) mass is 387 g/mol. The minimum atomic E-state index is -0.307. The van der Waals surface area contributed by atoms with Crippen LogP contribution in [0.15, 0.2) is 35.2 Å². The number of piperidine rings is 1. The molecule has 1 aromatic heterocycles. The number of nitrogens with zero attached hydrogens (tertiary/aromatic N) is 2. The Morgan fingerprint density at radius 2 is 2.07 bits per heavy atom. The number of amides is 2. The molecule has 2 heterocycles. The van der Waals surface area contributed by atoms with E-state index in [-0.39, 0.29) is 35.5 Å². The van der Waals surface area contributed by atoms with Crippen LogP contribution in [0, 0.1) is 11.2 Å². The zero-order valence-corrected chi connectivity index (χ0v) is 15.8. The number of carbonyl (C=O) groups is 2. The second-order valence-corrected chi connectivity index (χ2v) is 8.36. The summed E-state index contributed by atoms with van der Waals surface area (Å²) in [5.41, 5.74) is 3.11. The quantitative estimate of drug-likeness (QED) is 0.877. The molecule has 5 nitrogen and oxygen atoms in total. The molecular formula is C20H22FN3O2S. The lowest BCUT2D eigenvalue weighted by atomic mass is 9.60. The highest BCUT2D eigenvalue weighted by molar-refractivity contribution is 7.07. The Labute approximate surface area is 161 Å². The van der Waals surface area contributed by atoms with Crippen molar-refractivity contribution in [2.75, 3.05) is 13.1 Å². The minimum Gasteiger partial charge on any atom is -0.348 e. The first-order valence-electron chi connectivity index (χ1n) is 9.24. The van der Waals surface area contributed by atoms with E-state index in [0.717, 1.165) is 38.8 Å².